The molecule has 3 aromatic heterocycles. The Hall–Kier alpha value is -3.60. The lowest BCUT2D eigenvalue weighted by atomic mass is 9.95. The molecule has 0 aliphatic rings. The highest BCUT2D eigenvalue weighted by Gasteiger charge is 2.14. The molecule has 0 amide bonds. The van der Waals surface area contributed by atoms with Gasteiger partial charge in [-0.1, -0.05) is 12.1 Å². The van der Waals surface area contributed by atoms with Crippen LogP contribution in [0.1, 0.15) is 16.7 Å². The van der Waals surface area contributed by atoms with Crippen LogP contribution in [-0.2, 0) is 6.42 Å². The second kappa shape index (κ2) is 6.29. The lowest BCUT2D eigenvalue weighted by Crippen LogP contribution is -1.94. The molecule has 5 aromatic rings. The highest BCUT2D eigenvalue weighted by Crippen LogP contribution is 2.33. The largest absolute Gasteiger partial charge is 0.265 e. The van der Waals surface area contributed by atoms with Crippen molar-refractivity contribution in [2.24, 2.45) is 0 Å². The van der Waals surface area contributed by atoms with Crippen LogP contribution in [0.2, 0.25) is 0 Å². The molecule has 0 atom stereocenters. The van der Waals surface area contributed by atoms with Crippen molar-refractivity contribution in [3.05, 3.63) is 83.8 Å². The Morgan fingerprint density at radius 3 is 2.63 bits per heavy atom. The predicted octanol–water partition coefficient (Wildman–Crippen LogP) is 4.73. The second-order valence-corrected chi connectivity index (χ2v) is 6.70. The smallest absolute Gasteiger partial charge is 0.143 e. The maximum atomic E-state index is 4.96. The van der Waals surface area contributed by atoms with Gasteiger partial charge in [0.05, 0.1) is 5.52 Å². The Bertz CT molecular complexity index is 1260. The third-order valence-corrected chi connectivity index (χ3v) is 4.71. The molecule has 0 aliphatic heterocycles. The van der Waals surface area contributed by atoms with Gasteiger partial charge >= 0.3 is 0 Å². The van der Waals surface area contributed by atoms with Crippen LogP contribution in [0.3, 0.4) is 0 Å². The van der Waals surface area contributed by atoms with Gasteiger partial charge in [0.2, 0.25) is 0 Å². The van der Waals surface area contributed by atoms with E-state index in [0.29, 0.717) is 0 Å². The number of benzene rings is 2. The summed E-state index contributed by atoms with van der Waals surface area (Å²) < 4.78 is 4.96. The normalized spacial score (nSPS) is 11.3. The first kappa shape index (κ1) is 15.6. The van der Waals surface area contributed by atoms with Gasteiger partial charge in [-0.15, -0.1) is 0 Å². The van der Waals surface area contributed by atoms with Gasteiger partial charge in [-0.3, -0.25) is 9.97 Å². The van der Waals surface area contributed by atoms with Gasteiger partial charge in [-0.25, -0.2) is 4.63 Å². The SMILES string of the molecule is Cc1cnc2c(-c3cccc4nonc34)cc(Cc3ccncc3)cc2c1. The minimum absolute atomic E-state index is 0.743. The van der Waals surface area contributed by atoms with E-state index >= 15 is 0 Å². The van der Waals surface area contributed by atoms with Gasteiger partial charge in [0.1, 0.15) is 11.0 Å². The van der Waals surface area contributed by atoms with Gasteiger partial charge in [0.15, 0.2) is 0 Å². The monoisotopic (exact) mass is 352 g/mol. The average Bonchev–Trinajstić information content (AvgIpc) is 3.17. The number of hydrogen-bond acceptors (Lipinski definition) is 5. The number of fused-ring (bicyclic) bond motifs is 2. The zero-order valence-corrected chi connectivity index (χ0v) is 14.8. The van der Waals surface area contributed by atoms with E-state index in [1.54, 1.807) is 0 Å². The number of rotatable bonds is 3. The summed E-state index contributed by atoms with van der Waals surface area (Å²) in [4.78, 5) is 8.81. The molecule has 0 bridgehead atoms. The van der Waals surface area contributed by atoms with Gasteiger partial charge in [-0.05, 0) is 76.7 Å². The van der Waals surface area contributed by atoms with E-state index in [1.165, 1.54) is 11.1 Å². The number of aryl methyl sites for hydroxylation is 1. The molecule has 0 saturated carbocycles. The first-order valence-electron chi connectivity index (χ1n) is 8.78. The van der Waals surface area contributed by atoms with E-state index in [9.17, 15) is 0 Å². The third-order valence-electron chi connectivity index (χ3n) is 4.71. The number of pyridine rings is 2. The fourth-order valence-corrected chi connectivity index (χ4v) is 3.49. The lowest BCUT2D eigenvalue weighted by molar-refractivity contribution is 0.315. The Balaban J connectivity index is 1.76. The quantitative estimate of drug-likeness (QED) is 0.469. The van der Waals surface area contributed by atoms with Crippen molar-refractivity contribution in [3.8, 4) is 11.1 Å². The van der Waals surface area contributed by atoms with Crippen LogP contribution < -0.4 is 0 Å². The fraction of sp³-hybridized carbons (Fsp3) is 0.0909. The van der Waals surface area contributed by atoms with Crippen LogP contribution in [0, 0.1) is 6.92 Å². The molecular weight excluding hydrogens is 336 g/mol. The number of hydrogen-bond donors (Lipinski definition) is 0. The van der Waals surface area contributed by atoms with Crippen LogP contribution in [0.5, 0.6) is 0 Å². The Morgan fingerprint density at radius 1 is 0.852 bits per heavy atom. The lowest BCUT2D eigenvalue weighted by Gasteiger charge is -2.11. The summed E-state index contributed by atoms with van der Waals surface area (Å²) in [5.41, 5.74) is 8.03. The van der Waals surface area contributed by atoms with Gasteiger partial charge < -0.3 is 0 Å². The molecule has 0 radical (unpaired) electrons. The van der Waals surface area contributed by atoms with Crippen molar-refractivity contribution in [2.75, 3.05) is 0 Å². The van der Waals surface area contributed by atoms with Crippen molar-refractivity contribution in [3.63, 3.8) is 0 Å². The molecule has 0 saturated heterocycles. The highest BCUT2D eigenvalue weighted by molar-refractivity contribution is 6.01. The van der Waals surface area contributed by atoms with Gasteiger partial charge in [0, 0.05) is 35.1 Å². The Morgan fingerprint density at radius 2 is 1.74 bits per heavy atom. The van der Waals surface area contributed by atoms with Crippen LogP contribution in [0.15, 0.2) is 71.8 Å². The molecule has 27 heavy (non-hydrogen) atoms. The zero-order valence-electron chi connectivity index (χ0n) is 14.8. The number of nitrogens with zero attached hydrogens (tertiary/aromatic N) is 4. The van der Waals surface area contributed by atoms with Crippen molar-refractivity contribution >= 4 is 21.9 Å². The van der Waals surface area contributed by atoms with Gasteiger partial charge in [0.25, 0.3) is 0 Å². The van der Waals surface area contributed by atoms with Crippen LogP contribution in [0.25, 0.3) is 33.1 Å². The van der Waals surface area contributed by atoms with E-state index < -0.39 is 0 Å². The van der Waals surface area contributed by atoms with E-state index in [-0.39, 0.29) is 0 Å². The third kappa shape index (κ3) is 2.83. The van der Waals surface area contributed by atoms with Crippen molar-refractivity contribution in [1.29, 1.82) is 0 Å². The Labute approximate surface area is 155 Å². The van der Waals surface area contributed by atoms with Gasteiger partial charge in [-0.2, -0.15) is 0 Å². The summed E-state index contributed by atoms with van der Waals surface area (Å²) >= 11 is 0. The summed E-state index contributed by atoms with van der Waals surface area (Å²) in [5.74, 6) is 0. The minimum atomic E-state index is 0.743. The highest BCUT2D eigenvalue weighted by atomic mass is 16.6. The second-order valence-electron chi connectivity index (χ2n) is 6.70. The van der Waals surface area contributed by atoms with Crippen LogP contribution in [0.4, 0.5) is 0 Å². The summed E-state index contributed by atoms with van der Waals surface area (Å²) in [5, 5.41) is 9.20. The molecule has 3 heterocycles. The molecule has 5 nitrogen and oxygen atoms in total. The Kier molecular flexibility index (Phi) is 3.64. The van der Waals surface area contributed by atoms with Crippen molar-refractivity contribution in [2.45, 2.75) is 13.3 Å². The number of aromatic nitrogens is 4. The molecule has 130 valence electrons. The fourth-order valence-electron chi connectivity index (χ4n) is 3.49. The predicted molar refractivity (Wildman–Crippen MR) is 104 cm³/mol. The topological polar surface area (TPSA) is 64.7 Å². The molecular formula is C22H16N4O. The molecule has 5 rings (SSSR count). The molecule has 0 N–H and O–H groups in total. The van der Waals surface area contributed by atoms with E-state index in [2.05, 4.69) is 40.4 Å². The van der Waals surface area contributed by atoms with E-state index in [1.807, 2.05) is 48.9 Å². The molecule has 0 fully saturated rings. The molecule has 0 spiro atoms. The van der Waals surface area contributed by atoms with Crippen LogP contribution >= 0.6 is 0 Å². The van der Waals surface area contributed by atoms with Crippen molar-refractivity contribution < 1.29 is 4.63 Å². The van der Waals surface area contributed by atoms with E-state index in [4.69, 9.17) is 9.61 Å². The first-order valence-corrected chi connectivity index (χ1v) is 8.78. The van der Waals surface area contributed by atoms with Crippen LogP contribution in [-0.4, -0.2) is 20.3 Å². The molecule has 2 aromatic carbocycles. The summed E-state index contributed by atoms with van der Waals surface area (Å²) in [6.07, 6.45) is 6.37. The maximum Gasteiger partial charge on any atom is 0.143 e. The van der Waals surface area contributed by atoms with E-state index in [0.717, 1.165) is 45.0 Å². The summed E-state index contributed by atoms with van der Waals surface area (Å²) in [7, 11) is 0. The maximum absolute atomic E-state index is 4.96. The summed E-state index contributed by atoms with van der Waals surface area (Å²) in [6, 6.07) is 16.6. The molecule has 0 unspecified atom stereocenters. The average molecular weight is 352 g/mol. The zero-order chi connectivity index (χ0) is 18.2. The summed E-state index contributed by atoms with van der Waals surface area (Å²) in [6.45, 7) is 2.06. The standard InChI is InChI=1S/C22H16N4O/c1-14-9-17-11-16(10-15-5-7-23-8-6-15)12-19(21(17)24-13-14)18-3-2-4-20-22(18)26-27-25-20/h2-9,11-13H,10H2,1H3. The molecule has 0 aliphatic carbocycles. The van der Waals surface area contributed by atoms with Crippen molar-refractivity contribution in [1.82, 2.24) is 20.3 Å². The molecule has 5 heteroatoms. The minimum Gasteiger partial charge on any atom is -0.265 e. The first-order chi connectivity index (χ1) is 13.3.